The first-order chi connectivity index (χ1) is 9.61. The number of carbonyl (C=O) groups is 1. The zero-order valence-electron chi connectivity index (χ0n) is 12.0. The van der Waals surface area contributed by atoms with Crippen LogP contribution in [0.25, 0.3) is 0 Å². The van der Waals surface area contributed by atoms with Crippen LogP contribution in [0.3, 0.4) is 0 Å². The molecule has 20 heavy (non-hydrogen) atoms. The van der Waals surface area contributed by atoms with E-state index < -0.39 is 0 Å². The normalized spacial score (nSPS) is 11.8. The van der Waals surface area contributed by atoms with E-state index in [1.54, 1.807) is 7.11 Å². The molecule has 1 aromatic heterocycles. The Labute approximate surface area is 119 Å². The van der Waals surface area contributed by atoms with Gasteiger partial charge in [0.1, 0.15) is 5.75 Å². The molecule has 0 aliphatic heterocycles. The highest BCUT2D eigenvalue weighted by molar-refractivity contribution is 5.93. The van der Waals surface area contributed by atoms with Crippen LogP contribution in [0.4, 0.5) is 5.69 Å². The molecule has 1 amide bonds. The van der Waals surface area contributed by atoms with E-state index in [0.717, 1.165) is 0 Å². The minimum absolute atomic E-state index is 0.0802. The number of ether oxygens (including phenoxy) is 1. The SMILES string of the molecule is COc1ccccc1NC(=O)[C@H](C)[n+]1ccc(C)cc1. The highest BCUT2D eigenvalue weighted by atomic mass is 16.5. The topological polar surface area (TPSA) is 42.2 Å². The molecule has 1 heterocycles. The first kappa shape index (κ1) is 14.1. The molecule has 0 bridgehead atoms. The Hall–Kier alpha value is -2.36. The van der Waals surface area contributed by atoms with Gasteiger partial charge in [-0.2, -0.15) is 4.57 Å². The molecule has 0 spiro atoms. The van der Waals surface area contributed by atoms with E-state index in [4.69, 9.17) is 4.74 Å². The lowest BCUT2D eigenvalue weighted by atomic mass is 10.2. The molecule has 0 saturated heterocycles. The molecule has 0 radical (unpaired) electrons. The highest BCUT2D eigenvalue weighted by Crippen LogP contribution is 2.23. The maximum Gasteiger partial charge on any atom is 0.293 e. The van der Waals surface area contributed by atoms with Crippen LogP contribution in [0.2, 0.25) is 0 Å². The van der Waals surface area contributed by atoms with Crippen LogP contribution >= 0.6 is 0 Å². The summed E-state index contributed by atoms with van der Waals surface area (Å²) in [7, 11) is 1.59. The number of aromatic nitrogens is 1. The zero-order chi connectivity index (χ0) is 14.5. The van der Waals surface area contributed by atoms with Crippen LogP contribution in [0, 0.1) is 6.92 Å². The number of carbonyl (C=O) groups excluding carboxylic acids is 1. The van der Waals surface area contributed by atoms with Crippen molar-refractivity contribution in [3.8, 4) is 5.75 Å². The summed E-state index contributed by atoms with van der Waals surface area (Å²) in [4.78, 5) is 12.3. The second-order valence-corrected chi connectivity index (χ2v) is 4.69. The van der Waals surface area contributed by atoms with Gasteiger partial charge in [-0.3, -0.25) is 4.79 Å². The number of rotatable bonds is 4. The summed E-state index contributed by atoms with van der Waals surface area (Å²) in [6.45, 7) is 3.88. The second-order valence-electron chi connectivity index (χ2n) is 4.69. The molecule has 0 aliphatic rings. The van der Waals surface area contributed by atoms with Crippen molar-refractivity contribution in [3.63, 3.8) is 0 Å². The number of amides is 1. The molecule has 1 aromatic carbocycles. The third kappa shape index (κ3) is 3.15. The van der Waals surface area contributed by atoms with E-state index in [1.807, 2.05) is 67.2 Å². The van der Waals surface area contributed by atoms with Gasteiger partial charge in [-0.15, -0.1) is 0 Å². The van der Waals surface area contributed by atoms with Crippen LogP contribution in [0.15, 0.2) is 48.8 Å². The number of anilines is 1. The van der Waals surface area contributed by atoms with Crippen molar-refractivity contribution < 1.29 is 14.1 Å². The quantitative estimate of drug-likeness (QED) is 0.868. The highest BCUT2D eigenvalue weighted by Gasteiger charge is 2.22. The smallest absolute Gasteiger partial charge is 0.293 e. The molecule has 2 aromatic rings. The van der Waals surface area contributed by atoms with Gasteiger partial charge in [-0.05, 0) is 24.6 Å². The Morgan fingerprint density at radius 2 is 1.85 bits per heavy atom. The van der Waals surface area contributed by atoms with Gasteiger partial charge >= 0.3 is 0 Å². The Kier molecular flexibility index (Phi) is 4.35. The van der Waals surface area contributed by atoms with Crippen LogP contribution in [0.1, 0.15) is 18.5 Å². The van der Waals surface area contributed by atoms with Crippen molar-refractivity contribution >= 4 is 11.6 Å². The number of hydrogen-bond acceptors (Lipinski definition) is 2. The largest absolute Gasteiger partial charge is 0.495 e. The number of nitrogens with one attached hydrogen (secondary N) is 1. The summed E-state index contributed by atoms with van der Waals surface area (Å²) in [5.41, 5.74) is 1.85. The Bertz CT molecular complexity index is 594. The lowest BCUT2D eigenvalue weighted by Crippen LogP contribution is -2.44. The van der Waals surface area contributed by atoms with Crippen LogP contribution in [0.5, 0.6) is 5.75 Å². The number of aryl methyl sites for hydroxylation is 1. The molecular formula is C16H19N2O2+. The maximum absolute atomic E-state index is 12.3. The first-order valence-electron chi connectivity index (χ1n) is 6.53. The van der Waals surface area contributed by atoms with E-state index in [2.05, 4.69) is 5.32 Å². The minimum Gasteiger partial charge on any atom is -0.495 e. The molecule has 1 atom stereocenters. The average Bonchev–Trinajstić information content (AvgIpc) is 2.48. The molecule has 0 unspecified atom stereocenters. The van der Waals surface area contributed by atoms with Gasteiger partial charge in [0, 0.05) is 19.1 Å². The molecule has 104 valence electrons. The Morgan fingerprint density at radius 1 is 1.20 bits per heavy atom. The molecule has 1 N–H and O–H groups in total. The zero-order valence-corrected chi connectivity index (χ0v) is 12.0. The monoisotopic (exact) mass is 271 g/mol. The van der Waals surface area contributed by atoms with Gasteiger partial charge < -0.3 is 10.1 Å². The van der Waals surface area contributed by atoms with E-state index in [1.165, 1.54) is 5.56 Å². The number of methoxy groups -OCH3 is 1. The van der Waals surface area contributed by atoms with Crippen molar-refractivity contribution in [2.24, 2.45) is 0 Å². The fourth-order valence-corrected chi connectivity index (χ4v) is 1.89. The van der Waals surface area contributed by atoms with Crippen molar-refractivity contribution in [3.05, 3.63) is 54.4 Å². The average molecular weight is 271 g/mol. The number of hydrogen-bond donors (Lipinski definition) is 1. The van der Waals surface area contributed by atoms with Gasteiger partial charge in [0.05, 0.1) is 12.8 Å². The molecule has 0 fully saturated rings. The Morgan fingerprint density at radius 3 is 2.50 bits per heavy atom. The molecule has 0 aliphatic carbocycles. The first-order valence-corrected chi connectivity index (χ1v) is 6.53. The molecule has 2 rings (SSSR count). The summed E-state index contributed by atoms with van der Waals surface area (Å²) in [6.07, 6.45) is 3.81. The third-order valence-electron chi connectivity index (χ3n) is 3.21. The van der Waals surface area contributed by atoms with Gasteiger partial charge in [0.25, 0.3) is 5.91 Å². The van der Waals surface area contributed by atoms with E-state index >= 15 is 0 Å². The summed E-state index contributed by atoms with van der Waals surface area (Å²) in [5, 5.41) is 2.89. The van der Waals surface area contributed by atoms with Gasteiger partial charge in [-0.1, -0.05) is 12.1 Å². The maximum atomic E-state index is 12.3. The summed E-state index contributed by atoms with van der Waals surface area (Å²) < 4.78 is 7.10. The summed E-state index contributed by atoms with van der Waals surface area (Å²) in [5.74, 6) is 0.574. The van der Waals surface area contributed by atoms with Crippen molar-refractivity contribution in [1.82, 2.24) is 0 Å². The van der Waals surface area contributed by atoms with Crippen LogP contribution in [-0.4, -0.2) is 13.0 Å². The standard InChI is InChI=1S/C16H18N2O2/c1-12-8-10-18(11-9-12)13(2)16(19)17-14-6-4-5-7-15(14)20-3/h4-11,13H,1-3H3/p+1/t13-/m0/s1. The van der Waals surface area contributed by atoms with E-state index in [-0.39, 0.29) is 11.9 Å². The van der Waals surface area contributed by atoms with Gasteiger partial charge in [-0.25, -0.2) is 0 Å². The molecular weight excluding hydrogens is 252 g/mol. The number of nitrogens with zero attached hydrogens (tertiary/aromatic N) is 1. The predicted molar refractivity (Wildman–Crippen MR) is 77.7 cm³/mol. The molecule has 4 nitrogen and oxygen atoms in total. The van der Waals surface area contributed by atoms with Gasteiger partial charge in [0.2, 0.25) is 6.04 Å². The van der Waals surface area contributed by atoms with Crippen molar-refractivity contribution in [1.29, 1.82) is 0 Å². The van der Waals surface area contributed by atoms with Crippen LogP contribution < -0.4 is 14.6 Å². The predicted octanol–water partition coefficient (Wildman–Crippen LogP) is 2.49. The fraction of sp³-hybridized carbons (Fsp3) is 0.250. The Balaban J connectivity index is 2.13. The van der Waals surface area contributed by atoms with Gasteiger partial charge in [0.15, 0.2) is 12.4 Å². The van der Waals surface area contributed by atoms with E-state index in [0.29, 0.717) is 11.4 Å². The molecule has 0 saturated carbocycles. The van der Waals surface area contributed by atoms with Crippen LogP contribution in [-0.2, 0) is 4.79 Å². The lowest BCUT2D eigenvalue weighted by molar-refractivity contribution is -0.705. The summed E-state index contributed by atoms with van der Waals surface area (Å²) >= 11 is 0. The fourth-order valence-electron chi connectivity index (χ4n) is 1.89. The number of pyridine rings is 1. The van der Waals surface area contributed by atoms with Crippen molar-refractivity contribution in [2.45, 2.75) is 19.9 Å². The lowest BCUT2D eigenvalue weighted by Gasteiger charge is -2.11. The van der Waals surface area contributed by atoms with E-state index in [9.17, 15) is 4.79 Å². The third-order valence-corrected chi connectivity index (χ3v) is 3.21. The van der Waals surface area contributed by atoms with Crippen molar-refractivity contribution in [2.75, 3.05) is 12.4 Å². The number of para-hydroxylation sites is 2. The summed E-state index contributed by atoms with van der Waals surface area (Å²) in [6, 6.07) is 11.0. The molecule has 4 heteroatoms. The number of benzene rings is 1. The second kappa shape index (κ2) is 6.19. The minimum atomic E-state index is -0.291.